The van der Waals surface area contributed by atoms with Gasteiger partial charge in [-0.1, -0.05) is 18.2 Å². The van der Waals surface area contributed by atoms with Crippen LogP contribution in [0.2, 0.25) is 5.02 Å². The zero-order valence-electron chi connectivity index (χ0n) is 14.3. The number of phenolic OH excluding ortho intramolecular Hbond substituents is 1. The minimum Gasteiger partial charge on any atom is -0.506 e. The number of aromatic nitrogens is 2. The molecule has 132 valence electrons. The molecule has 0 amide bonds. The quantitative estimate of drug-likeness (QED) is 0.577. The third-order valence-corrected chi connectivity index (χ3v) is 4.17. The molecule has 1 aromatic heterocycles. The Bertz CT molecular complexity index is 987. The normalized spacial score (nSPS) is 10.6. The Labute approximate surface area is 156 Å². The van der Waals surface area contributed by atoms with Crippen LogP contribution < -0.4 is 5.32 Å². The van der Waals surface area contributed by atoms with Crippen molar-refractivity contribution in [2.75, 3.05) is 5.32 Å². The second kappa shape index (κ2) is 7.14. The van der Waals surface area contributed by atoms with E-state index in [0.29, 0.717) is 28.6 Å². The number of nitrogens with one attached hydrogen (secondary N) is 1. The topological polar surface area (TPSA) is 58.0 Å². The second-order valence-corrected chi connectivity index (χ2v) is 6.36. The van der Waals surface area contributed by atoms with E-state index in [1.165, 1.54) is 18.2 Å². The Kier molecular flexibility index (Phi) is 4.91. The lowest BCUT2D eigenvalue weighted by atomic mass is 10.1. The molecule has 0 aliphatic carbocycles. The molecule has 0 spiro atoms. The summed E-state index contributed by atoms with van der Waals surface area (Å²) in [4.78, 5) is 9.14. The van der Waals surface area contributed by atoms with Crippen LogP contribution in [-0.4, -0.2) is 15.1 Å². The molecular formula is C20H17ClFN3O. The molecule has 0 unspecified atom stereocenters. The summed E-state index contributed by atoms with van der Waals surface area (Å²) in [5, 5.41) is 13.0. The minimum atomic E-state index is -0.321. The van der Waals surface area contributed by atoms with Crippen LogP contribution in [0.3, 0.4) is 0 Å². The molecule has 3 aromatic rings. The first-order valence-corrected chi connectivity index (χ1v) is 8.29. The summed E-state index contributed by atoms with van der Waals surface area (Å²) in [5.74, 6) is 0.726. The van der Waals surface area contributed by atoms with Crippen LogP contribution >= 0.6 is 11.6 Å². The largest absolute Gasteiger partial charge is 0.506 e. The number of phenols is 1. The van der Waals surface area contributed by atoms with E-state index in [1.807, 2.05) is 13.8 Å². The number of anilines is 2. The maximum absolute atomic E-state index is 13.2. The van der Waals surface area contributed by atoms with Crippen molar-refractivity contribution in [3.8, 4) is 17.1 Å². The minimum absolute atomic E-state index is 0.00579. The van der Waals surface area contributed by atoms with Crippen LogP contribution in [0.15, 0.2) is 49.0 Å². The van der Waals surface area contributed by atoms with Crippen molar-refractivity contribution in [2.24, 2.45) is 0 Å². The summed E-state index contributed by atoms with van der Waals surface area (Å²) >= 11 is 5.97. The molecule has 0 aliphatic heterocycles. The first-order chi connectivity index (χ1) is 12.3. The fraction of sp³-hybridized carbons (Fsp3) is 0.100. The average molecular weight is 370 g/mol. The number of allylic oxidation sites excluding steroid dienone is 1. The zero-order valence-corrected chi connectivity index (χ0v) is 15.1. The first kappa shape index (κ1) is 17.9. The van der Waals surface area contributed by atoms with Crippen LogP contribution in [0, 0.1) is 12.7 Å². The lowest BCUT2D eigenvalue weighted by Gasteiger charge is -2.15. The van der Waals surface area contributed by atoms with E-state index in [-0.39, 0.29) is 16.6 Å². The number of hydrogen-bond donors (Lipinski definition) is 2. The summed E-state index contributed by atoms with van der Waals surface area (Å²) < 4.78 is 13.2. The van der Waals surface area contributed by atoms with Gasteiger partial charge in [-0.3, -0.25) is 0 Å². The summed E-state index contributed by atoms with van der Waals surface area (Å²) in [6.07, 6.45) is 0. The number of halogens is 2. The Morgan fingerprint density at radius 1 is 1.15 bits per heavy atom. The first-order valence-electron chi connectivity index (χ1n) is 7.91. The van der Waals surface area contributed by atoms with Crippen molar-refractivity contribution < 1.29 is 9.50 Å². The van der Waals surface area contributed by atoms with Crippen LogP contribution in [0.25, 0.3) is 17.0 Å². The Hall–Kier alpha value is -2.92. The highest BCUT2D eigenvalue weighted by molar-refractivity contribution is 6.32. The second-order valence-electron chi connectivity index (χ2n) is 5.95. The zero-order chi connectivity index (χ0) is 18.8. The molecule has 0 saturated heterocycles. The molecule has 0 radical (unpaired) electrons. The van der Waals surface area contributed by atoms with Gasteiger partial charge in [-0.05, 0) is 61.9 Å². The van der Waals surface area contributed by atoms with Crippen molar-refractivity contribution in [3.05, 3.63) is 71.1 Å². The van der Waals surface area contributed by atoms with E-state index < -0.39 is 0 Å². The number of rotatable bonds is 4. The Morgan fingerprint density at radius 2 is 1.85 bits per heavy atom. The van der Waals surface area contributed by atoms with Crippen LogP contribution in [0.1, 0.15) is 18.2 Å². The molecule has 1 heterocycles. The molecule has 6 heteroatoms. The Balaban J connectivity index is 2.09. The lowest BCUT2D eigenvalue weighted by molar-refractivity contribution is 0.475. The van der Waals surface area contributed by atoms with Crippen molar-refractivity contribution in [1.29, 1.82) is 0 Å². The third-order valence-electron chi connectivity index (χ3n) is 3.86. The van der Waals surface area contributed by atoms with Gasteiger partial charge in [0.1, 0.15) is 17.4 Å². The van der Waals surface area contributed by atoms with E-state index in [9.17, 15) is 9.50 Å². The van der Waals surface area contributed by atoms with Crippen LogP contribution in [-0.2, 0) is 0 Å². The SMILES string of the molecule is C=C(C)c1nc(-c2ccc(F)cc2)nc(Nc2ccc(O)c(Cl)c2)c1C. The molecule has 26 heavy (non-hydrogen) atoms. The number of aromatic hydroxyl groups is 1. The van der Waals surface area contributed by atoms with Crippen molar-refractivity contribution in [2.45, 2.75) is 13.8 Å². The molecule has 0 fully saturated rings. The summed E-state index contributed by atoms with van der Waals surface area (Å²) in [7, 11) is 0. The van der Waals surface area contributed by atoms with E-state index in [2.05, 4.69) is 21.9 Å². The smallest absolute Gasteiger partial charge is 0.162 e. The van der Waals surface area contributed by atoms with Gasteiger partial charge >= 0.3 is 0 Å². The van der Waals surface area contributed by atoms with Crippen molar-refractivity contribution in [3.63, 3.8) is 0 Å². The predicted octanol–water partition coefficient (Wildman–Crippen LogP) is 5.73. The number of benzene rings is 2. The molecule has 0 atom stereocenters. The maximum Gasteiger partial charge on any atom is 0.162 e. The molecule has 2 aromatic carbocycles. The molecule has 0 bridgehead atoms. The average Bonchev–Trinajstić information content (AvgIpc) is 2.60. The standard InChI is InChI=1S/C20H17ClFN3O/c1-11(2)18-12(3)19(23-15-8-9-17(26)16(21)10-15)25-20(24-18)13-4-6-14(22)7-5-13/h4-10,26H,1H2,2-3H3,(H,23,24,25). The van der Waals surface area contributed by atoms with Crippen LogP contribution in [0.5, 0.6) is 5.75 Å². The van der Waals surface area contributed by atoms with Gasteiger partial charge in [-0.25, -0.2) is 14.4 Å². The van der Waals surface area contributed by atoms with Gasteiger partial charge in [0.25, 0.3) is 0 Å². The van der Waals surface area contributed by atoms with Gasteiger partial charge in [-0.2, -0.15) is 0 Å². The maximum atomic E-state index is 13.2. The number of hydrogen-bond acceptors (Lipinski definition) is 4. The van der Waals surface area contributed by atoms with Crippen molar-refractivity contribution >= 4 is 28.7 Å². The lowest BCUT2D eigenvalue weighted by Crippen LogP contribution is -2.04. The highest BCUT2D eigenvalue weighted by Gasteiger charge is 2.14. The van der Waals surface area contributed by atoms with Gasteiger partial charge in [0.05, 0.1) is 10.7 Å². The van der Waals surface area contributed by atoms with E-state index in [0.717, 1.165) is 11.1 Å². The van der Waals surface area contributed by atoms with E-state index in [1.54, 1.807) is 24.3 Å². The van der Waals surface area contributed by atoms with Gasteiger partial charge in [-0.15, -0.1) is 0 Å². The third kappa shape index (κ3) is 3.68. The fourth-order valence-corrected chi connectivity index (χ4v) is 2.68. The summed E-state index contributed by atoms with van der Waals surface area (Å²) in [5.41, 5.74) is 3.70. The highest BCUT2D eigenvalue weighted by atomic mass is 35.5. The molecule has 0 aliphatic rings. The van der Waals surface area contributed by atoms with Gasteiger partial charge < -0.3 is 10.4 Å². The van der Waals surface area contributed by atoms with Crippen LogP contribution in [0.4, 0.5) is 15.9 Å². The monoisotopic (exact) mass is 369 g/mol. The van der Waals surface area contributed by atoms with Crippen molar-refractivity contribution in [1.82, 2.24) is 9.97 Å². The molecule has 0 saturated carbocycles. The predicted molar refractivity (Wildman–Crippen MR) is 103 cm³/mol. The number of nitrogens with zero attached hydrogens (tertiary/aromatic N) is 2. The summed E-state index contributed by atoms with van der Waals surface area (Å²) in [6.45, 7) is 7.73. The molecular weight excluding hydrogens is 353 g/mol. The molecule has 3 rings (SSSR count). The highest BCUT2D eigenvalue weighted by Crippen LogP contribution is 2.31. The van der Waals surface area contributed by atoms with E-state index in [4.69, 9.17) is 11.6 Å². The molecule has 2 N–H and O–H groups in total. The van der Waals surface area contributed by atoms with Gasteiger partial charge in [0.2, 0.25) is 0 Å². The summed E-state index contributed by atoms with van der Waals surface area (Å²) in [6, 6.07) is 10.8. The van der Waals surface area contributed by atoms with E-state index >= 15 is 0 Å². The van der Waals surface area contributed by atoms with Gasteiger partial charge in [0.15, 0.2) is 5.82 Å². The molecule has 4 nitrogen and oxygen atoms in total. The Morgan fingerprint density at radius 3 is 2.46 bits per heavy atom. The van der Waals surface area contributed by atoms with Gasteiger partial charge in [0, 0.05) is 16.8 Å². The fourth-order valence-electron chi connectivity index (χ4n) is 2.50.